The fourth-order valence-corrected chi connectivity index (χ4v) is 5.99. The van der Waals surface area contributed by atoms with Crippen molar-refractivity contribution in [2.75, 3.05) is 11.9 Å². The van der Waals surface area contributed by atoms with Crippen LogP contribution in [0.5, 0.6) is 0 Å². The summed E-state index contributed by atoms with van der Waals surface area (Å²) in [5.41, 5.74) is 10.1. The molecule has 0 bridgehead atoms. The summed E-state index contributed by atoms with van der Waals surface area (Å²) in [6.07, 6.45) is 2.13. The van der Waals surface area contributed by atoms with Crippen molar-refractivity contribution in [3.05, 3.63) is 112 Å². The fourth-order valence-electron chi connectivity index (χ4n) is 5.66. The summed E-state index contributed by atoms with van der Waals surface area (Å²) < 4.78 is 2.35. The van der Waals surface area contributed by atoms with Gasteiger partial charge in [-0.05, 0) is 93.9 Å². The number of benzene rings is 2. The SMILES string of the molecule is Cc1ccc(NC(=O)CCN2C(=S)N[C@H](c3ccccn3)[C@H]2c2cc(C)n(-c3c(C)cccc3C)c2C)cc1. The van der Waals surface area contributed by atoms with Gasteiger partial charge in [0.05, 0.1) is 23.5 Å². The van der Waals surface area contributed by atoms with E-state index in [0.717, 1.165) is 28.3 Å². The molecule has 2 atom stereocenters. The van der Waals surface area contributed by atoms with Crippen LogP contribution in [0.15, 0.2) is 72.9 Å². The highest BCUT2D eigenvalue weighted by atomic mass is 32.1. The van der Waals surface area contributed by atoms with Crippen molar-refractivity contribution in [2.45, 2.75) is 53.1 Å². The van der Waals surface area contributed by atoms with Crippen LogP contribution in [0.2, 0.25) is 0 Å². The lowest BCUT2D eigenvalue weighted by Gasteiger charge is -2.28. The van der Waals surface area contributed by atoms with E-state index in [9.17, 15) is 4.79 Å². The van der Waals surface area contributed by atoms with Gasteiger partial charge in [0.25, 0.3) is 0 Å². The van der Waals surface area contributed by atoms with Gasteiger partial charge in [-0.15, -0.1) is 0 Å². The Morgan fingerprint density at radius 1 is 0.974 bits per heavy atom. The zero-order chi connectivity index (χ0) is 27.7. The Bertz CT molecular complexity index is 1490. The third-order valence-corrected chi connectivity index (χ3v) is 7.92. The van der Waals surface area contributed by atoms with Gasteiger partial charge in [-0.25, -0.2) is 0 Å². The molecular weight excluding hydrogens is 502 g/mol. The van der Waals surface area contributed by atoms with Crippen LogP contribution in [0.1, 0.15) is 57.8 Å². The van der Waals surface area contributed by atoms with Crippen LogP contribution < -0.4 is 10.6 Å². The number of pyridine rings is 1. The van der Waals surface area contributed by atoms with Gasteiger partial charge in [-0.1, -0.05) is 42.0 Å². The first kappa shape index (κ1) is 26.6. The first-order valence-electron chi connectivity index (χ1n) is 13.3. The summed E-state index contributed by atoms with van der Waals surface area (Å²) in [5.74, 6) is -0.0392. The van der Waals surface area contributed by atoms with Gasteiger partial charge < -0.3 is 20.1 Å². The van der Waals surface area contributed by atoms with E-state index >= 15 is 0 Å². The molecule has 1 amide bonds. The van der Waals surface area contributed by atoms with Crippen molar-refractivity contribution in [1.29, 1.82) is 0 Å². The highest BCUT2D eigenvalue weighted by molar-refractivity contribution is 7.80. The molecule has 6 nitrogen and oxygen atoms in total. The van der Waals surface area contributed by atoms with Crippen LogP contribution in [0.3, 0.4) is 0 Å². The van der Waals surface area contributed by atoms with E-state index in [2.05, 4.69) is 77.0 Å². The lowest BCUT2D eigenvalue weighted by molar-refractivity contribution is -0.116. The van der Waals surface area contributed by atoms with Gasteiger partial charge in [-0.3, -0.25) is 9.78 Å². The van der Waals surface area contributed by atoms with E-state index in [1.165, 1.54) is 22.4 Å². The molecule has 1 aliphatic rings. The molecule has 2 N–H and O–H groups in total. The number of para-hydroxylation sites is 1. The van der Waals surface area contributed by atoms with Crippen LogP contribution >= 0.6 is 12.2 Å². The summed E-state index contributed by atoms with van der Waals surface area (Å²) in [4.78, 5) is 19.7. The second-order valence-corrected chi connectivity index (χ2v) is 10.8. The van der Waals surface area contributed by atoms with E-state index in [0.29, 0.717) is 18.1 Å². The molecule has 39 heavy (non-hydrogen) atoms. The Balaban J connectivity index is 1.49. The number of hydrogen-bond acceptors (Lipinski definition) is 3. The van der Waals surface area contributed by atoms with Gasteiger partial charge in [0.1, 0.15) is 0 Å². The molecule has 0 unspecified atom stereocenters. The number of thiocarbonyl (C=S) groups is 1. The maximum absolute atomic E-state index is 12.9. The zero-order valence-corrected chi connectivity index (χ0v) is 24.0. The highest BCUT2D eigenvalue weighted by Crippen LogP contribution is 2.42. The lowest BCUT2D eigenvalue weighted by atomic mass is 9.96. The molecule has 2 aromatic heterocycles. The van der Waals surface area contributed by atoms with E-state index < -0.39 is 0 Å². The Morgan fingerprint density at radius 2 is 1.69 bits per heavy atom. The lowest BCUT2D eigenvalue weighted by Crippen LogP contribution is -2.32. The van der Waals surface area contributed by atoms with Crippen LogP contribution in [-0.2, 0) is 4.79 Å². The number of amides is 1. The fraction of sp³-hybridized carbons (Fsp3) is 0.281. The Kier molecular flexibility index (Phi) is 7.53. The van der Waals surface area contributed by atoms with Crippen molar-refractivity contribution in [3.8, 4) is 5.69 Å². The molecule has 3 heterocycles. The summed E-state index contributed by atoms with van der Waals surface area (Å²) >= 11 is 5.86. The normalized spacial score (nSPS) is 16.8. The van der Waals surface area contributed by atoms with E-state index in [4.69, 9.17) is 12.2 Å². The predicted molar refractivity (Wildman–Crippen MR) is 161 cm³/mol. The quantitative estimate of drug-likeness (QED) is 0.267. The molecular formula is C32H35N5OS. The summed E-state index contributed by atoms with van der Waals surface area (Å²) in [6, 6.07) is 22.2. The van der Waals surface area contributed by atoms with Crippen molar-refractivity contribution >= 4 is 28.9 Å². The Hall–Kier alpha value is -3.97. The molecule has 2 aromatic carbocycles. The molecule has 0 spiro atoms. The summed E-state index contributed by atoms with van der Waals surface area (Å²) in [5, 5.41) is 7.17. The highest BCUT2D eigenvalue weighted by Gasteiger charge is 2.41. The number of hydrogen-bond donors (Lipinski definition) is 2. The third-order valence-electron chi connectivity index (χ3n) is 7.56. The summed E-state index contributed by atoms with van der Waals surface area (Å²) in [6.45, 7) is 11.2. The minimum atomic E-state index is -0.134. The average molecular weight is 538 g/mol. The van der Waals surface area contributed by atoms with Crippen LogP contribution in [-0.4, -0.2) is 32.0 Å². The van der Waals surface area contributed by atoms with E-state index in [-0.39, 0.29) is 18.0 Å². The maximum Gasteiger partial charge on any atom is 0.226 e. The number of nitrogens with one attached hydrogen (secondary N) is 2. The maximum atomic E-state index is 12.9. The Morgan fingerprint density at radius 3 is 2.36 bits per heavy atom. The van der Waals surface area contributed by atoms with Gasteiger partial charge in [0.2, 0.25) is 5.91 Å². The van der Waals surface area contributed by atoms with Crippen molar-refractivity contribution in [2.24, 2.45) is 0 Å². The topological polar surface area (TPSA) is 62.2 Å². The molecule has 1 aliphatic heterocycles. The Labute approximate surface area is 236 Å². The van der Waals surface area contributed by atoms with E-state index in [1.54, 1.807) is 0 Å². The number of rotatable bonds is 7. The number of carbonyl (C=O) groups is 1. The van der Waals surface area contributed by atoms with Gasteiger partial charge in [0, 0.05) is 36.2 Å². The molecule has 4 aromatic rings. The minimum absolute atomic E-state index is 0.0392. The van der Waals surface area contributed by atoms with Crippen molar-refractivity contribution in [1.82, 2.24) is 19.8 Å². The molecule has 0 aliphatic carbocycles. The minimum Gasteiger partial charge on any atom is -0.352 e. The summed E-state index contributed by atoms with van der Waals surface area (Å²) in [7, 11) is 0. The largest absolute Gasteiger partial charge is 0.352 e. The standard InChI is InChI=1S/C32H35N5OS/c1-20-12-14-25(15-13-20)34-28(38)16-18-36-31(29(35-32(36)39)27-11-6-7-17-33-27)26-19-23(4)37(24(26)5)30-21(2)9-8-10-22(30)3/h6-15,17,19,29,31H,16,18H2,1-5H3,(H,34,38)(H,35,39)/t29-,31-/m1/s1. The molecule has 200 valence electrons. The predicted octanol–water partition coefficient (Wildman–Crippen LogP) is 6.42. The first-order valence-corrected chi connectivity index (χ1v) is 13.8. The van der Waals surface area contributed by atoms with E-state index in [1.807, 2.05) is 55.6 Å². The average Bonchev–Trinajstić information content (AvgIpc) is 3.39. The second-order valence-electron chi connectivity index (χ2n) is 10.4. The zero-order valence-electron chi connectivity index (χ0n) is 23.2. The number of anilines is 1. The molecule has 7 heteroatoms. The smallest absolute Gasteiger partial charge is 0.226 e. The van der Waals surface area contributed by atoms with Crippen LogP contribution in [0, 0.1) is 34.6 Å². The van der Waals surface area contributed by atoms with Gasteiger partial charge in [0.15, 0.2) is 5.11 Å². The van der Waals surface area contributed by atoms with Gasteiger partial charge >= 0.3 is 0 Å². The number of carbonyl (C=O) groups excluding carboxylic acids is 1. The number of aryl methyl sites for hydroxylation is 4. The van der Waals surface area contributed by atoms with Crippen LogP contribution in [0.4, 0.5) is 5.69 Å². The molecule has 5 rings (SSSR count). The van der Waals surface area contributed by atoms with Crippen molar-refractivity contribution in [3.63, 3.8) is 0 Å². The molecule has 0 radical (unpaired) electrons. The first-order chi connectivity index (χ1) is 18.7. The second kappa shape index (κ2) is 11.0. The molecule has 1 fully saturated rings. The van der Waals surface area contributed by atoms with Gasteiger partial charge in [-0.2, -0.15) is 0 Å². The van der Waals surface area contributed by atoms with Crippen LogP contribution in [0.25, 0.3) is 5.69 Å². The number of aromatic nitrogens is 2. The molecule has 1 saturated heterocycles. The molecule has 0 saturated carbocycles. The monoisotopic (exact) mass is 537 g/mol. The number of nitrogens with zero attached hydrogens (tertiary/aromatic N) is 3. The van der Waals surface area contributed by atoms with Crippen molar-refractivity contribution < 1.29 is 4.79 Å². The third kappa shape index (κ3) is 5.32.